The number of nitrogens with zero attached hydrogens (tertiary/aromatic N) is 4. The topological polar surface area (TPSA) is 101 Å². The Bertz CT molecular complexity index is 1080. The summed E-state index contributed by atoms with van der Waals surface area (Å²) < 4.78 is 5.55. The first-order chi connectivity index (χ1) is 14.2. The van der Waals surface area contributed by atoms with Crippen molar-refractivity contribution in [1.82, 2.24) is 25.2 Å². The van der Waals surface area contributed by atoms with Gasteiger partial charge in [-0.05, 0) is 18.4 Å². The fourth-order valence-corrected chi connectivity index (χ4v) is 4.37. The van der Waals surface area contributed by atoms with Crippen LogP contribution in [0, 0.1) is 5.92 Å². The summed E-state index contributed by atoms with van der Waals surface area (Å²) in [6.07, 6.45) is 3.79. The van der Waals surface area contributed by atoms with E-state index in [4.69, 9.17) is 4.42 Å². The molecule has 8 nitrogen and oxygen atoms in total. The molecule has 1 aliphatic carbocycles. The van der Waals surface area contributed by atoms with E-state index in [9.17, 15) is 9.59 Å². The lowest BCUT2D eigenvalue weighted by Crippen LogP contribution is -2.40. The van der Waals surface area contributed by atoms with Crippen molar-refractivity contribution in [2.75, 3.05) is 13.6 Å². The zero-order valence-corrected chi connectivity index (χ0v) is 15.8. The summed E-state index contributed by atoms with van der Waals surface area (Å²) in [7, 11) is 1.56. The third-order valence-corrected chi connectivity index (χ3v) is 5.81. The molecule has 4 heterocycles. The van der Waals surface area contributed by atoms with Gasteiger partial charge in [-0.3, -0.25) is 9.59 Å². The molecule has 3 aliphatic rings. The first-order valence-corrected chi connectivity index (χ1v) is 9.52. The Morgan fingerprint density at radius 2 is 2.00 bits per heavy atom. The first kappa shape index (κ1) is 17.5. The van der Waals surface area contributed by atoms with Crippen LogP contribution in [0.5, 0.6) is 0 Å². The van der Waals surface area contributed by atoms with Crippen molar-refractivity contribution >= 4 is 11.8 Å². The van der Waals surface area contributed by atoms with Gasteiger partial charge in [0.25, 0.3) is 11.8 Å². The number of rotatable bonds is 4. The third-order valence-electron chi connectivity index (χ3n) is 5.81. The Hall–Kier alpha value is -3.55. The van der Waals surface area contributed by atoms with Crippen LogP contribution >= 0.6 is 0 Å². The van der Waals surface area contributed by atoms with E-state index in [0.717, 1.165) is 12.0 Å². The minimum Gasteiger partial charge on any atom is -0.447 e. The SMILES string of the molecule is CNC(=O)c1ncoc1C1C2CC1N(C(=O)c1ccnc(-c3ccccc3)n1)C2. The molecule has 1 N–H and O–H groups in total. The molecule has 1 aromatic carbocycles. The maximum Gasteiger partial charge on any atom is 0.273 e. The fraction of sp³-hybridized carbons (Fsp3) is 0.286. The summed E-state index contributed by atoms with van der Waals surface area (Å²) in [6, 6.07) is 11.2. The van der Waals surface area contributed by atoms with Crippen molar-refractivity contribution in [2.24, 2.45) is 5.92 Å². The van der Waals surface area contributed by atoms with Crippen LogP contribution in [-0.4, -0.2) is 51.3 Å². The van der Waals surface area contributed by atoms with Crippen LogP contribution in [0.3, 0.4) is 0 Å². The van der Waals surface area contributed by atoms with Gasteiger partial charge in [-0.1, -0.05) is 30.3 Å². The Balaban J connectivity index is 1.39. The maximum atomic E-state index is 13.2. The van der Waals surface area contributed by atoms with Gasteiger partial charge in [0.05, 0.1) is 0 Å². The van der Waals surface area contributed by atoms with Gasteiger partial charge in [0.2, 0.25) is 0 Å². The number of aromatic nitrogens is 3. The minimum atomic E-state index is -0.277. The molecule has 2 saturated heterocycles. The number of carbonyl (C=O) groups excluding carboxylic acids is 2. The summed E-state index contributed by atoms with van der Waals surface area (Å²) in [4.78, 5) is 39.9. The van der Waals surface area contributed by atoms with Crippen LogP contribution in [0.2, 0.25) is 0 Å². The molecule has 3 unspecified atom stereocenters. The molecule has 6 rings (SSSR count). The van der Waals surface area contributed by atoms with E-state index < -0.39 is 0 Å². The second kappa shape index (κ2) is 6.80. The molecule has 0 spiro atoms. The number of hydrogen-bond acceptors (Lipinski definition) is 6. The van der Waals surface area contributed by atoms with E-state index in [1.165, 1.54) is 6.39 Å². The number of nitrogens with one attached hydrogen (secondary N) is 1. The standard InChI is InChI=1S/C21H19N5O3/c1-22-20(27)17-18(29-11-24-17)16-13-9-15(16)26(10-13)21(28)14-7-8-23-19(25-14)12-5-3-2-4-6-12/h2-8,11,13,15-16H,9-10H2,1H3,(H,22,27). The molecule has 3 fully saturated rings. The van der Waals surface area contributed by atoms with Crippen molar-refractivity contribution < 1.29 is 14.0 Å². The Labute approximate surface area is 167 Å². The van der Waals surface area contributed by atoms with Gasteiger partial charge in [-0.15, -0.1) is 0 Å². The Morgan fingerprint density at radius 3 is 2.79 bits per heavy atom. The monoisotopic (exact) mass is 389 g/mol. The minimum absolute atomic E-state index is 0.0100. The van der Waals surface area contributed by atoms with Gasteiger partial charge in [-0.2, -0.15) is 0 Å². The van der Waals surface area contributed by atoms with E-state index in [0.29, 0.717) is 29.5 Å². The van der Waals surface area contributed by atoms with Crippen LogP contribution in [0.1, 0.15) is 39.1 Å². The summed E-state index contributed by atoms with van der Waals surface area (Å²) >= 11 is 0. The highest BCUT2D eigenvalue weighted by Gasteiger charge is 2.56. The average Bonchev–Trinajstić information content (AvgIpc) is 3.49. The van der Waals surface area contributed by atoms with Crippen molar-refractivity contribution in [3.63, 3.8) is 0 Å². The van der Waals surface area contributed by atoms with Crippen LogP contribution in [0.25, 0.3) is 11.4 Å². The number of amides is 2. The van der Waals surface area contributed by atoms with E-state index in [2.05, 4.69) is 20.3 Å². The molecular formula is C21H19N5O3. The molecule has 29 heavy (non-hydrogen) atoms. The molecule has 2 bridgehead atoms. The van der Waals surface area contributed by atoms with E-state index in [-0.39, 0.29) is 29.7 Å². The van der Waals surface area contributed by atoms with Crippen LogP contribution in [-0.2, 0) is 0 Å². The normalized spacial score (nSPS) is 22.2. The van der Waals surface area contributed by atoms with Gasteiger partial charge in [0.15, 0.2) is 17.9 Å². The molecule has 3 atom stereocenters. The second-order valence-electron chi connectivity index (χ2n) is 7.32. The molecule has 8 heteroatoms. The number of carbonyl (C=O) groups is 2. The van der Waals surface area contributed by atoms with E-state index in [1.54, 1.807) is 19.3 Å². The molecule has 3 aromatic rings. The Morgan fingerprint density at radius 1 is 1.17 bits per heavy atom. The molecule has 2 aromatic heterocycles. The maximum absolute atomic E-state index is 13.2. The largest absolute Gasteiger partial charge is 0.447 e. The van der Waals surface area contributed by atoms with Gasteiger partial charge in [0, 0.05) is 37.3 Å². The molecule has 146 valence electrons. The van der Waals surface area contributed by atoms with Crippen molar-refractivity contribution in [3.8, 4) is 11.4 Å². The van der Waals surface area contributed by atoms with Crippen LogP contribution in [0.4, 0.5) is 0 Å². The number of fused-ring (bicyclic) bond motifs is 1. The van der Waals surface area contributed by atoms with Crippen LogP contribution in [0.15, 0.2) is 53.4 Å². The van der Waals surface area contributed by atoms with Gasteiger partial charge in [0.1, 0.15) is 11.5 Å². The number of benzene rings is 1. The van der Waals surface area contributed by atoms with E-state index >= 15 is 0 Å². The highest BCUT2D eigenvalue weighted by molar-refractivity contribution is 5.94. The lowest BCUT2D eigenvalue weighted by Gasteiger charge is -2.35. The summed E-state index contributed by atoms with van der Waals surface area (Å²) in [5, 5.41) is 2.58. The molecule has 1 saturated carbocycles. The molecular weight excluding hydrogens is 370 g/mol. The molecule has 0 radical (unpaired) electrons. The smallest absolute Gasteiger partial charge is 0.273 e. The second-order valence-corrected chi connectivity index (χ2v) is 7.32. The van der Waals surface area contributed by atoms with Gasteiger partial charge >= 0.3 is 0 Å². The predicted molar refractivity (Wildman–Crippen MR) is 103 cm³/mol. The number of hydrogen-bond donors (Lipinski definition) is 1. The summed E-state index contributed by atoms with van der Waals surface area (Å²) in [5.41, 5.74) is 1.53. The summed E-state index contributed by atoms with van der Waals surface area (Å²) in [5.74, 6) is 0.937. The first-order valence-electron chi connectivity index (χ1n) is 9.52. The predicted octanol–water partition coefficient (Wildman–Crippen LogP) is 2.12. The molecule has 2 aliphatic heterocycles. The van der Waals surface area contributed by atoms with E-state index in [1.807, 2.05) is 35.2 Å². The quantitative estimate of drug-likeness (QED) is 0.733. The zero-order valence-electron chi connectivity index (χ0n) is 15.8. The van der Waals surface area contributed by atoms with Crippen molar-refractivity contribution in [2.45, 2.75) is 18.4 Å². The van der Waals surface area contributed by atoms with Crippen LogP contribution < -0.4 is 5.32 Å². The fourth-order valence-electron chi connectivity index (χ4n) is 4.37. The Kier molecular flexibility index (Phi) is 4.12. The van der Waals surface area contributed by atoms with Gasteiger partial charge in [-0.25, -0.2) is 15.0 Å². The van der Waals surface area contributed by atoms with Crippen molar-refractivity contribution in [1.29, 1.82) is 0 Å². The highest BCUT2D eigenvalue weighted by atomic mass is 16.3. The highest BCUT2D eigenvalue weighted by Crippen LogP contribution is 2.53. The lowest BCUT2D eigenvalue weighted by atomic mass is 9.72. The van der Waals surface area contributed by atoms with Gasteiger partial charge < -0.3 is 14.6 Å². The molecule has 2 amide bonds. The van der Waals surface area contributed by atoms with Crippen molar-refractivity contribution in [3.05, 3.63) is 66.1 Å². The average molecular weight is 389 g/mol. The number of oxazole rings is 1. The lowest BCUT2D eigenvalue weighted by molar-refractivity contribution is 0.0723. The zero-order chi connectivity index (χ0) is 20.0. The third kappa shape index (κ3) is 2.79. The summed E-state index contributed by atoms with van der Waals surface area (Å²) in [6.45, 7) is 0.618.